The van der Waals surface area contributed by atoms with E-state index in [2.05, 4.69) is 10.4 Å². The predicted molar refractivity (Wildman–Crippen MR) is 108 cm³/mol. The van der Waals surface area contributed by atoms with Gasteiger partial charge in [0.05, 0.1) is 23.5 Å². The van der Waals surface area contributed by atoms with Crippen LogP contribution < -0.4 is 5.32 Å². The van der Waals surface area contributed by atoms with Crippen LogP contribution >= 0.6 is 0 Å². The second-order valence-electron chi connectivity index (χ2n) is 6.62. The van der Waals surface area contributed by atoms with Gasteiger partial charge >= 0.3 is 5.97 Å². The van der Waals surface area contributed by atoms with Gasteiger partial charge in [-0.2, -0.15) is 5.10 Å². The Kier molecular flexibility index (Phi) is 5.89. The van der Waals surface area contributed by atoms with Crippen LogP contribution in [0.2, 0.25) is 0 Å². The minimum Gasteiger partial charge on any atom is -0.455 e. The van der Waals surface area contributed by atoms with E-state index in [9.17, 15) is 9.59 Å². The van der Waals surface area contributed by atoms with Crippen molar-refractivity contribution < 1.29 is 14.3 Å². The Hall–Kier alpha value is -3.41. The molecule has 0 unspecified atom stereocenters. The summed E-state index contributed by atoms with van der Waals surface area (Å²) in [5, 5.41) is 6.98. The lowest BCUT2D eigenvalue weighted by Crippen LogP contribution is -2.22. The third-order valence-electron chi connectivity index (χ3n) is 4.55. The number of ether oxygens (including phenoxy) is 1. The average molecular weight is 377 g/mol. The first kappa shape index (κ1) is 19.4. The fourth-order valence-electron chi connectivity index (χ4n) is 2.94. The summed E-state index contributed by atoms with van der Waals surface area (Å²) in [5.41, 5.74) is 5.26. The van der Waals surface area contributed by atoms with Gasteiger partial charge in [-0.1, -0.05) is 54.6 Å². The number of esters is 1. The Morgan fingerprint density at radius 2 is 1.64 bits per heavy atom. The van der Waals surface area contributed by atoms with Crippen molar-refractivity contribution in [1.29, 1.82) is 0 Å². The highest BCUT2D eigenvalue weighted by molar-refractivity contribution is 5.93. The van der Waals surface area contributed by atoms with Gasteiger partial charge in [0, 0.05) is 7.05 Å². The van der Waals surface area contributed by atoms with Gasteiger partial charge in [0.25, 0.3) is 5.91 Å². The van der Waals surface area contributed by atoms with Gasteiger partial charge in [-0.3, -0.25) is 14.3 Å². The number of benzene rings is 2. The number of carbonyl (C=O) groups excluding carboxylic acids is 2. The maximum atomic E-state index is 12.1. The molecule has 0 bridgehead atoms. The second-order valence-corrected chi connectivity index (χ2v) is 6.62. The molecule has 0 saturated carbocycles. The number of carbonyl (C=O) groups is 2. The van der Waals surface area contributed by atoms with Gasteiger partial charge in [0.2, 0.25) is 0 Å². The van der Waals surface area contributed by atoms with E-state index < -0.39 is 5.97 Å². The molecule has 0 atom stereocenters. The summed E-state index contributed by atoms with van der Waals surface area (Å²) in [6, 6.07) is 17.7. The van der Waals surface area contributed by atoms with Crippen LogP contribution in [0.15, 0.2) is 54.6 Å². The highest BCUT2D eigenvalue weighted by Gasteiger charge is 2.14. The molecule has 0 aliphatic heterocycles. The molecule has 1 N–H and O–H groups in total. The summed E-state index contributed by atoms with van der Waals surface area (Å²) in [6.07, 6.45) is 0.118. The van der Waals surface area contributed by atoms with Crippen LogP contribution in [0.1, 0.15) is 17.0 Å². The molecular weight excluding hydrogens is 354 g/mol. The van der Waals surface area contributed by atoms with E-state index in [1.54, 1.807) is 11.7 Å². The van der Waals surface area contributed by atoms with Gasteiger partial charge in [0.15, 0.2) is 6.61 Å². The maximum absolute atomic E-state index is 12.1. The number of aromatic nitrogens is 2. The molecule has 6 heteroatoms. The number of hydrogen-bond donors (Lipinski definition) is 1. The van der Waals surface area contributed by atoms with E-state index in [1.807, 2.05) is 68.4 Å². The van der Waals surface area contributed by atoms with Gasteiger partial charge < -0.3 is 10.1 Å². The molecule has 3 rings (SSSR count). The van der Waals surface area contributed by atoms with Crippen LogP contribution in [-0.4, -0.2) is 28.3 Å². The molecule has 3 aromatic rings. The summed E-state index contributed by atoms with van der Waals surface area (Å²) >= 11 is 0. The van der Waals surface area contributed by atoms with Crippen LogP contribution in [0.3, 0.4) is 0 Å². The molecule has 2 aromatic carbocycles. The molecule has 0 radical (unpaired) electrons. The van der Waals surface area contributed by atoms with Crippen LogP contribution in [0.4, 0.5) is 5.69 Å². The molecule has 1 aromatic heterocycles. The van der Waals surface area contributed by atoms with E-state index in [4.69, 9.17) is 4.74 Å². The highest BCUT2D eigenvalue weighted by Crippen LogP contribution is 2.20. The summed E-state index contributed by atoms with van der Waals surface area (Å²) in [5.74, 6) is -0.825. The van der Waals surface area contributed by atoms with Gasteiger partial charge in [0.1, 0.15) is 0 Å². The molecule has 0 aliphatic carbocycles. The van der Waals surface area contributed by atoms with E-state index in [0.717, 1.165) is 28.1 Å². The number of rotatable bonds is 6. The van der Waals surface area contributed by atoms with Crippen LogP contribution in [0.25, 0.3) is 11.1 Å². The molecule has 0 saturated heterocycles. The summed E-state index contributed by atoms with van der Waals surface area (Å²) in [4.78, 5) is 24.1. The van der Waals surface area contributed by atoms with E-state index in [1.165, 1.54) is 0 Å². The molecular formula is C22H23N3O3. The van der Waals surface area contributed by atoms with Crippen LogP contribution in [0, 0.1) is 13.8 Å². The van der Waals surface area contributed by atoms with Crippen LogP contribution in [0.5, 0.6) is 0 Å². The minimum absolute atomic E-state index is 0.118. The molecule has 28 heavy (non-hydrogen) atoms. The van der Waals surface area contributed by atoms with Crippen LogP contribution in [-0.2, 0) is 27.8 Å². The molecule has 6 nitrogen and oxygen atoms in total. The summed E-state index contributed by atoms with van der Waals surface area (Å²) in [6.45, 7) is 3.35. The van der Waals surface area contributed by atoms with E-state index >= 15 is 0 Å². The van der Waals surface area contributed by atoms with Crippen molar-refractivity contribution in [1.82, 2.24) is 9.78 Å². The Morgan fingerprint density at radius 1 is 1.00 bits per heavy atom. The minimum atomic E-state index is -0.442. The topological polar surface area (TPSA) is 73.2 Å². The molecule has 144 valence electrons. The lowest BCUT2D eigenvalue weighted by Gasteiger charge is -2.08. The monoisotopic (exact) mass is 377 g/mol. The Labute approximate surface area is 164 Å². The standard InChI is InChI=1S/C22H23N3O3/c1-15-22(16(2)25(3)24-15)23-20(26)14-28-21(27)13-17-9-11-19(12-10-17)18-7-5-4-6-8-18/h4-12H,13-14H2,1-3H3,(H,23,26). The lowest BCUT2D eigenvalue weighted by molar-refractivity contribution is -0.146. The summed E-state index contributed by atoms with van der Waals surface area (Å²) in [7, 11) is 1.81. The second kappa shape index (κ2) is 8.52. The Balaban J connectivity index is 1.51. The fourth-order valence-corrected chi connectivity index (χ4v) is 2.94. The van der Waals surface area contributed by atoms with E-state index in [0.29, 0.717) is 5.69 Å². The van der Waals surface area contributed by atoms with Crippen molar-refractivity contribution in [2.75, 3.05) is 11.9 Å². The first-order valence-corrected chi connectivity index (χ1v) is 9.04. The van der Waals surface area contributed by atoms with Crippen molar-refractivity contribution in [3.05, 3.63) is 71.5 Å². The normalized spacial score (nSPS) is 10.5. The molecule has 0 spiro atoms. The number of nitrogens with zero attached hydrogens (tertiary/aromatic N) is 2. The van der Waals surface area contributed by atoms with Crippen molar-refractivity contribution in [3.8, 4) is 11.1 Å². The predicted octanol–water partition coefficient (Wildman–Crippen LogP) is 3.43. The van der Waals surface area contributed by atoms with Crippen molar-refractivity contribution >= 4 is 17.6 Å². The lowest BCUT2D eigenvalue weighted by atomic mass is 10.0. The fraction of sp³-hybridized carbons (Fsp3) is 0.227. The zero-order chi connectivity index (χ0) is 20.1. The number of anilines is 1. The quantitative estimate of drug-likeness (QED) is 0.668. The smallest absolute Gasteiger partial charge is 0.310 e. The molecule has 1 amide bonds. The highest BCUT2D eigenvalue weighted by atomic mass is 16.5. The van der Waals surface area contributed by atoms with E-state index in [-0.39, 0.29) is 18.9 Å². The average Bonchev–Trinajstić information content (AvgIpc) is 2.94. The van der Waals surface area contributed by atoms with Gasteiger partial charge in [-0.15, -0.1) is 0 Å². The maximum Gasteiger partial charge on any atom is 0.310 e. The number of nitrogens with one attached hydrogen (secondary N) is 1. The number of hydrogen-bond acceptors (Lipinski definition) is 4. The third kappa shape index (κ3) is 4.65. The van der Waals surface area contributed by atoms with Gasteiger partial charge in [-0.25, -0.2) is 0 Å². The van der Waals surface area contributed by atoms with Crippen molar-refractivity contribution in [2.45, 2.75) is 20.3 Å². The molecule has 1 heterocycles. The van der Waals surface area contributed by atoms with Crippen molar-refractivity contribution in [3.63, 3.8) is 0 Å². The number of aryl methyl sites for hydroxylation is 2. The van der Waals surface area contributed by atoms with Crippen molar-refractivity contribution in [2.24, 2.45) is 7.05 Å². The third-order valence-corrected chi connectivity index (χ3v) is 4.55. The molecule has 0 fully saturated rings. The first-order chi connectivity index (χ1) is 13.4. The zero-order valence-electron chi connectivity index (χ0n) is 16.2. The molecule has 0 aliphatic rings. The van der Waals surface area contributed by atoms with Gasteiger partial charge in [-0.05, 0) is 30.5 Å². The number of amides is 1. The largest absolute Gasteiger partial charge is 0.455 e. The SMILES string of the molecule is Cc1nn(C)c(C)c1NC(=O)COC(=O)Cc1ccc(-c2ccccc2)cc1. The zero-order valence-corrected chi connectivity index (χ0v) is 16.2. The summed E-state index contributed by atoms with van der Waals surface area (Å²) < 4.78 is 6.79. The first-order valence-electron chi connectivity index (χ1n) is 9.04. The Morgan fingerprint density at radius 3 is 2.25 bits per heavy atom. The Bertz CT molecular complexity index is 976.